The lowest BCUT2D eigenvalue weighted by molar-refractivity contribution is 0.681. The fourth-order valence-corrected chi connectivity index (χ4v) is 3.58. The maximum absolute atomic E-state index is 3.46. The van der Waals surface area contributed by atoms with Gasteiger partial charge < -0.3 is 10.2 Å². The van der Waals surface area contributed by atoms with Crippen molar-refractivity contribution in [1.29, 1.82) is 0 Å². The third kappa shape index (κ3) is 4.58. The van der Waals surface area contributed by atoms with E-state index in [-0.39, 0.29) is 0 Å². The van der Waals surface area contributed by atoms with Gasteiger partial charge in [0.1, 0.15) is 0 Å². The minimum Gasteiger partial charge on any atom is -0.369 e. The normalized spacial score (nSPS) is 10.9. The van der Waals surface area contributed by atoms with Crippen LogP contribution in [0.3, 0.4) is 0 Å². The number of anilines is 1. The molecule has 0 aliphatic carbocycles. The lowest BCUT2D eigenvalue weighted by Gasteiger charge is -2.21. The Hall–Kier alpha value is -1.32. The average molecular weight is 302 g/mol. The zero-order valence-electron chi connectivity index (χ0n) is 13.6. The molecule has 0 aliphatic heterocycles. The molecule has 0 aliphatic rings. The largest absolute Gasteiger partial charge is 0.369 e. The Labute approximate surface area is 132 Å². The Bertz CT molecular complexity index is 574. The molecule has 0 fully saturated rings. The number of nitrogens with zero attached hydrogens (tertiary/aromatic N) is 1. The van der Waals surface area contributed by atoms with Crippen LogP contribution in [0.5, 0.6) is 0 Å². The predicted octanol–water partition coefficient (Wildman–Crippen LogP) is 4.50. The van der Waals surface area contributed by atoms with E-state index in [0.29, 0.717) is 0 Å². The van der Waals surface area contributed by atoms with Crippen LogP contribution in [0.25, 0.3) is 0 Å². The van der Waals surface area contributed by atoms with Crippen LogP contribution in [0.15, 0.2) is 30.3 Å². The van der Waals surface area contributed by atoms with Gasteiger partial charge >= 0.3 is 0 Å². The second-order valence-electron chi connectivity index (χ2n) is 5.69. The monoisotopic (exact) mass is 302 g/mol. The number of benzene rings is 1. The van der Waals surface area contributed by atoms with Gasteiger partial charge in [-0.1, -0.05) is 24.6 Å². The van der Waals surface area contributed by atoms with E-state index in [9.17, 15) is 0 Å². The van der Waals surface area contributed by atoms with Crippen molar-refractivity contribution < 1.29 is 0 Å². The smallest absolute Gasteiger partial charge is 0.0519 e. The molecule has 0 saturated heterocycles. The first kappa shape index (κ1) is 16.1. The highest BCUT2D eigenvalue weighted by atomic mass is 32.1. The molecule has 2 nitrogen and oxygen atoms in total. The van der Waals surface area contributed by atoms with Crippen LogP contribution in [-0.2, 0) is 13.1 Å². The molecule has 1 aromatic heterocycles. The van der Waals surface area contributed by atoms with Crippen molar-refractivity contribution in [1.82, 2.24) is 5.32 Å². The van der Waals surface area contributed by atoms with Gasteiger partial charge in [-0.2, -0.15) is 0 Å². The summed E-state index contributed by atoms with van der Waals surface area (Å²) in [5.41, 5.74) is 3.99. The zero-order valence-corrected chi connectivity index (χ0v) is 14.4. The molecule has 1 aromatic carbocycles. The van der Waals surface area contributed by atoms with E-state index < -0.39 is 0 Å². The number of hydrogen-bond acceptors (Lipinski definition) is 3. The van der Waals surface area contributed by atoms with Crippen LogP contribution >= 0.6 is 11.3 Å². The third-order valence-corrected chi connectivity index (χ3v) is 4.67. The molecule has 0 atom stereocenters. The number of aryl methyl sites for hydroxylation is 2. The molecule has 0 spiro atoms. The first-order valence-electron chi connectivity index (χ1n) is 7.67. The second kappa shape index (κ2) is 7.62. The van der Waals surface area contributed by atoms with Gasteiger partial charge in [-0.25, -0.2) is 0 Å². The topological polar surface area (TPSA) is 15.3 Å². The molecule has 21 heavy (non-hydrogen) atoms. The number of thiophene rings is 1. The fraction of sp³-hybridized carbons (Fsp3) is 0.444. The highest BCUT2D eigenvalue weighted by Gasteiger charge is 2.07. The molecule has 0 radical (unpaired) electrons. The Morgan fingerprint density at radius 3 is 2.57 bits per heavy atom. The zero-order chi connectivity index (χ0) is 15.2. The highest BCUT2D eigenvalue weighted by molar-refractivity contribution is 7.12. The third-order valence-electron chi connectivity index (χ3n) is 3.60. The van der Waals surface area contributed by atoms with E-state index >= 15 is 0 Å². The molecule has 0 bridgehead atoms. The van der Waals surface area contributed by atoms with Crippen molar-refractivity contribution in [2.45, 2.75) is 40.3 Å². The molecule has 2 rings (SSSR count). The fourth-order valence-electron chi connectivity index (χ4n) is 2.54. The Balaban J connectivity index is 1.97. The van der Waals surface area contributed by atoms with Gasteiger partial charge in [0.15, 0.2) is 0 Å². The van der Waals surface area contributed by atoms with Crippen LogP contribution in [0.1, 0.15) is 34.2 Å². The molecule has 1 N–H and O–H groups in total. The SMILES string of the molecule is CCCNCc1ccc(CN(C)c2ccc(C)cc2C)s1. The first-order chi connectivity index (χ1) is 10.1. The molecule has 3 heteroatoms. The van der Waals surface area contributed by atoms with Crippen LogP contribution in [0, 0.1) is 13.8 Å². The van der Waals surface area contributed by atoms with E-state index in [1.54, 1.807) is 0 Å². The van der Waals surface area contributed by atoms with Crippen molar-refractivity contribution in [3.8, 4) is 0 Å². The van der Waals surface area contributed by atoms with Crippen molar-refractivity contribution in [3.05, 3.63) is 51.2 Å². The van der Waals surface area contributed by atoms with Gasteiger partial charge in [-0.15, -0.1) is 11.3 Å². The van der Waals surface area contributed by atoms with Gasteiger partial charge in [0, 0.05) is 29.0 Å². The molecule has 2 aromatic rings. The maximum atomic E-state index is 3.46. The van der Waals surface area contributed by atoms with E-state index in [1.165, 1.54) is 33.0 Å². The van der Waals surface area contributed by atoms with Gasteiger partial charge in [-0.3, -0.25) is 0 Å². The molecule has 0 unspecified atom stereocenters. The van der Waals surface area contributed by atoms with E-state index in [0.717, 1.165) is 19.6 Å². The number of rotatable bonds is 7. The number of nitrogens with one attached hydrogen (secondary N) is 1. The lowest BCUT2D eigenvalue weighted by atomic mass is 10.1. The summed E-state index contributed by atoms with van der Waals surface area (Å²) in [6.07, 6.45) is 1.19. The molecular weight excluding hydrogens is 276 g/mol. The van der Waals surface area contributed by atoms with Gasteiger partial charge in [0.05, 0.1) is 6.54 Å². The van der Waals surface area contributed by atoms with Gasteiger partial charge in [-0.05, 0) is 50.6 Å². The van der Waals surface area contributed by atoms with E-state index in [1.807, 2.05) is 11.3 Å². The molecular formula is C18H26N2S. The van der Waals surface area contributed by atoms with Crippen LogP contribution in [0.4, 0.5) is 5.69 Å². The van der Waals surface area contributed by atoms with Crippen LogP contribution < -0.4 is 10.2 Å². The maximum Gasteiger partial charge on any atom is 0.0519 e. The standard InChI is InChI=1S/C18H26N2S/c1-5-10-19-12-16-7-8-17(21-16)13-20(4)18-9-6-14(2)11-15(18)3/h6-9,11,19H,5,10,12-13H2,1-4H3. The summed E-state index contributed by atoms with van der Waals surface area (Å²) in [4.78, 5) is 5.18. The van der Waals surface area contributed by atoms with Gasteiger partial charge in [0.2, 0.25) is 0 Å². The van der Waals surface area contributed by atoms with Crippen LogP contribution in [0.2, 0.25) is 0 Å². The summed E-state index contributed by atoms with van der Waals surface area (Å²) in [5.74, 6) is 0. The minimum absolute atomic E-state index is 0.975. The first-order valence-corrected chi connectivity index (χ1v) is 8.48. The lowest BCUT2D eigenvalue weighted by Crippen LogP contribution is -2.16. The van der Waals surface area contributed by atoms with Crippen molar-refractivity contribution in [2.24, 2.45) is 0 Å². The molecule has 114 valence electrons. The van der Waals surface area contributed by atoms with Crippen molar-refractivity contribution in [3.63, 3.8) is 0 Å². The summed E-state index contributed by atoms with van der Waals surface area (Å²) in [6.45, 7) is 9.59. The van der Waals surface area contributed by atoms with Crippen molar-refractivity contribution in [2.75, 3.05) is 18.5 Å². The summed E-state index contributed by atoms with van der Waals surface area (Å²) in [7, 11) is 2.17. The molecule has 0 saturated carbocycles. The quantitative estimate of drug-likeness (QED) is 0.758. The Morgan fingerprint density at radius 2 is 1.86 bits per heavy atom. The second-order valence-corrected chi connectivity index (χ2v) is 6.94. The van der Waals surface area contributed by atoms with E-state index in [4.69, 9.17) is 0 Å². The summed E-state index contributed by atoms with van der Waals surface area (Å²) in [5, 5.41) is 3.46. The predicted molar refractivity (Wildman–Crippen MR) is 94.3 cm³/mol. The number of hydrogen-bond donors (Lipinski definition) is 1. The average Bonchev–Trinajstić information content (AvgIpc) is 2.86. The summed E-state index contributed by atoms with van der Waals surface area (Å²) >= 11 is 1.91. The molecule has 0 amide bonds. The molecule has 1 heterocycles. The van der Waals surface area contributed by atoms with Crippen molar-refractivity contribution >= 4 is 17.0 Å². The summed E-state index contributed by atoms with van der Waals surface area (Å²) < 4.78 is 0. The van der Waals surface area contributed by atoms with Gasteiger partial charge in [0.25, 0.3) is 0 Å². The van der Waals surface area contributed by atoms with Crippen LogP contribution in [-0.4, -0.2) is 13.6 Å². The van der Waals surface area contributed by atoms with E-state index in [2.05, 4.69) is 68.4 Å². The Kier molecular flexibility index (Phi) is 5.83. The minimum atomic E-state index is 0.975. The summed E-state index contributed by atoms with van der Waals surface area (Å²) in [6, 6.07) is 11.2. The Morgan fingerprint density at radius 1 is 1.10 bits per heavy atom. The highest BCUT2D eigenvalue weighted by Crippen LogP contribution is 2.24.